The molecular weight excluding hydrogens is 308 g/mol. The monoisotopic (exact) mass is 330 g/mol. The third kappa shape index (κ3) is 3.67. The number of carbonyl (C=O) groups is 2. The molecule has 0 aliphatic carbocycles. The van der Waals surface area contributed by atoms with Gasteiger partial charge in [0.25, 0.3) is 0 Å². The fraction of sp³-hybridized carbons (Fsp3) is 0.368. The van der Waals surface area contributed by atoms with Gasteiger partial charge in [0.2, 0.25) is 0 Å². The van der Waals surface area contributed by atoms with E-state index < -0.39 is 23.3 Å². The Morgan fingerprint density at radius 3 is 2.29 bits per heavy atom. The summed E-state index contributed by atoms with van der Waals surface area (Å²) in [5, 5.41) is 20.5. The van der Waals surface area contributed by atoms with Crippen LogP contribution in [0, 0.1) is 5.41 Å². The van der Waals surface area contributed by atoms with E-state index in [-0.39, 0.29) is 12.8 Å². The Labute approximate surface area is 140 Å². The Bertz CT molecular complexity index is 763. The van der Waals surface area contributed by atoms with E-state index in [1.165, 1.54) is 0 Å². The molecule has 0 aromatic heterocycles. The zero-order valence-corrected chi connectivity index (χ0v) is 14.1. The first-order chi connectivity index (χ1) is 11.3. The maximum Gasteiger partial charge on any atom is 0.309 e. The number of aliphatic carboxylic acids is 2. The summed E-state index contributed by atoms with van der Waals surface area (Å²) >= 11 is 0. The number of methoxy groups -OCH3 is 1. The minimum Gasteiger partial charge on any atom is -0.497 e. The zero-order valence-electron chi connectivity index (χ0n) is 14.1. The van der Waals surface area contributed by atoms with Crippen LogP contribution in [0.4, 0.5) is 0 Å². The van der Waals surface area contributed by atoms with Crippen molar-refractivity contribution in [2.45, 2.75) is 32.6 Å². The molecule has 0 aliphatic rings. The lowest BCUT2D eigenvalue weighted by molar-refractivity contribution is -0.149. The molecule has 0 aliphatic heterocycles. The maximum absolute atomic E-state index is 11.7. The quantitative estimate of drug-likeness (QED) is 0.804. The fourth-order valence-corrected chi connectivity index (χ4v) is 2.95. The molecule has 0 amide bonds. The molecule has 0 saturated carbocycles. The minimum atomic E-state index is -1.06. The van der Waals surface area contributed by atoms with Crippen LogP contribution in [0.3, 0.4) is 0 Å². The summed E-state index contributed by atoms with van der Waals surface area (Å²) in [6.45, 7) is 3.28. The second kappa shape index (κ2) is 6.91. The summed E-state index contributed by atoms with van der Waals surface area (Å²) in [4.78, 5) is 22.6. The first-order valence-electron chi connectivity index (χ1n) is 7.78. The summed E-state index contributed by atoms with van der Waals surface area (Å²) in [6, 6.07) is 11.4. The predicted octanol–water partition coefficient (Wildman–Crippen LogP) is 3.91. The molecule has 5 nitrogen and oxygen atoms in total. The molecule has 5 heteroatoms. The first-order valence-corrected chi connectivity index (χ1v) is 7.78. The average molecular weight is 330 g/mol. The third-order valence-corrected chi connectivity index (χ3v) is 4.54. The van der Waals surface area contributed by atoms with Crippen molar-refractivity contribution in [2.75, 3.05) is 7.11 Å². The third-order valence-electron chi connectivity index (χ3n) is 4.54. The topological polar surface area (TPSA) is 83.8 Å². The summed E-state index contributed by atoms with van der Waals surface area (Å²) in [7, 11) is 1.60. The Hall–Kier alpha value is -2.56. The summed E-state index contributed by atoms with van der Waals surface area (Å²) in [5.41, 5.74) is -0.225. The molecule has 0 saturated heterocycles. The van der Waals surface area contributed by atoms with Crippen LogP contribution in [0.25, 0.3) is 10.8 Å². The molecule has 0 fully saturated rings. The van der Waals surface area contributed by atoms with E-state index in [4.69, 9.17) is 9.84 Å². The lowest BCUT2D eigenvalue weighted by Crippen LogP contribution is -2.31. The Morgan fingerprint density at radius 2 is 1.71 bits per heavy atom. The van der Waals surface area contributed by atoms with Crippen molar-refractivity contribution >= 4 is 22.7 Å². The van der Waals surface area contributed by atoms with Crippen LogP contribution in [0.2, 0.25) is 0 Å². The molecule has 2 N–H and O–H groups in total. The van der Waals surface area contributed by atoms with Gasteiger partial charge in [0.1, 0.15) is 5.75 Å². The maximum atomic E-state index is 11.7. The van der Waals surface area contributed by atoms with Crippen LogP contribution in [-0.4, -0.2) is 29.3 Å². The highest BCUT2D eigenvalue weighted by molar-refractivity contribution is 5.85. The minimum absolute atomic E-state index is 0.0674. The van der Waals surface area contributed by atoms with Gasteiger partial charge < -0.3 is 14.9 Å². The molecule has 2 aromatic rings. The van der Waals surface area contributed by atoms with Gasteiger partial charge in [0.15, 0.2) is 0 Å². The lowest BCUT2D eigenvalue weighted by Gasteiger charge is -2.31. The van der Waals surface area contributed by atoms with E-state index >= 15 is 0 Å². The van der Waals surface area contributed by atoms with Gasteiger partial charge in [-0.2, -0.15) is 0 Å². The normalized spacial score (nSPS) is 12.8. The lowest BCUT2D eigenvalue weighted by atomic mass is 9.72. The van der Waals surface area contributed by atoms with Crippen LogP contribution < -0.4 is 4.74 Å². The van der Waals surface area contributed by atoms with Crippen molar-refractivity contribution < 1.29 is 24.5 Å². The molecule has 0 spiro atoms. The molecule has 0 heterocycles. The predicted molar refractivity (Wildman–Crippen MR) is 91.5 cm³/mol. The van der Waals surface area contributed by atoms with E-state index in [2.05, 4.69) is 0 Å². The van der Waals surface area contributed by atoms with Gasteiger partial charge in [-0.1, -0.05) is 24.3 Å². The van der Waals surface area contributed by atoms with E-state index in [0.29, 0.717) is 0 Å². The molecule has 0 unspecified atom stereocenters. The molecule has 1 atom stereocenters. The highest BCUT2D eigenvalue weighted by atomic mass is 16.5. The van der Waals surface area contributed by atoms with Gasteiger partial charge in [0, 0.05) is 12.3 Å². The molecule has 24 heavy (non-hydrogen) atoms. The summed E-state index contributed by atoms with van der Waals surface area (Å²) in [6.07, 6.45) is 0.207. The average Bonchev–Trinajstić information content (AvgIpc) is 2.53. The van der Waals surface area contributed by atoms with Gasteiger partial charge >= 0.3 is 11.9 Å². The molecule has 2 aromatic carbocycles. The van der Waals surface area contributed by atoms with Crippen LogP contribution >= 0.6 is 0 Å². The van der Waals surface area contributed by atoms with E-state index in [0.717, 1.165) is 22.1 Å². The highest BCUT2D eigenvalue weighted by Gasteiger charge is 2.37. The fourth-order valence-electron chi connectivity index (χ4n) is 2.95. The SMILES string of the molecule is COc1ccc2cc([C@@H](CCC(=O)O)C(C)(C)C(=O)O)ccc2c1. The highest BCUT2D eigenvalue weighted by Crippen LogP contribution is 2.40. The second-order valence-electron chi connectivity index (χ2n) is 6.48. The van der Waals surface area contributed by atoms with E-state index in [1.54, 1.807) is 21.0 Å². The van der Waals surface area contributed by atoms with Crippen LogP contribution in [0.15, 0.2) is 36.4 Å². The Morgan fingerprint density at radius 1 is 1.08 bits per heavy atom. The van der Waals surface area contributed by atoms with Crippen molar-refractivity contribution in [3.8, 4) is 5.75 Å². The number of benzene rings is 2. The van der Waals surface area contributed by atoms with Gasteiger partial charge in [0.05, 0.1) is 12.5 Å². The number of rotatable bonds is 7. The van der Waals surface area contributed by atoms with Crippen LogP contribution in [0.5, 0.6) is 5.75 Å². The Kier molecular flexibility index (Phi) is 5.12. The molecule has 128 valence electrons. The molecule has 0 radical (unpaired) electrons. The summed E-state index contributed by atoms with van der Waals surface area (Å²) < 4.78 is 5.21. The number of carboxylic acids is 2. The van der Waals surface area contributed by atoms with Crippen molar-refractivity contribution in [1.29, 1.82) is 0 Å². The smallest absolute Gasteiger partial charge is 0.309 e. The van der Waals surface area contributed by atoms with Gasteiger partial charge in [-0.25, -0.2) is 0 Å². The van der Waals surface area contributed by atoms with Gasteiger partial charge in [-0.3, -0.25) is 9.59 Å². The molecule has 0 bridgehead atoms. The number of ether oxygens (including phenoxy) is 1. The van der Waals surface area contributed by atoms with Crippen LogP contribution in [0.1, 0.15) is 38.2 Å². The van der Waals surface area contributed by atoms with Crippen molar-refractivity contribution in [2.24, 2.45) is 5.41 Å². The van der Waals surface area contributed by atoms with Crippen molar-refractivity contribution in [3.63, 3.8) is 0 Å². The van der Waals surface area contributed by atoms with Crippen molar-refractivity contribution in [3.05, 3.63) is 42.0 Å². The van der Waals surface area contributed by atoms with Crippen molar-refractivity contribution in [1.82, 2.24) is 0 Å². The van der Waals surface area contributed by atoms with Gasteiger partial charge in [-0.05, 0) is 48.7 Å². The number of fused-ring (bicyclic) bond motifs is 1. The molecule has 2 rings (SSSR count). The number of hydrogen-bond acceptors (Lipinski definition) is 3. The largest absolute Gasteiger partial charge is 0.497 e. The first kappa shape index (κ1) is 17.8. The van der Waals surface area contributed by atoms with E-state index in [1.807, 2.05) is 36.4 Å². The van der Waals surface area contributed by atoms with Crippen LogP contribution in [-0.2, 0) is 9.59 Å². The number of carboxylic acid groups (broad SMARTS) is 2. The Balaban J connectivity index is 2.46. The van der Waals surface area contributed by atoms with E-state index in [9.17, 15) is 14.7 Å². The summed E-state index contributed by atoms with van der Waals surface area (Å²) in [5.74, 6) is -1.50. The molecular formula is C19H22O5. The zero-order chi connectivity index (χ0) is 17.9. The standard InChI is InChI=1S/C19H22O5/c1-19(2,18(22)23)16(8-9-17(20)21)14-5-4-13-11-15(24-3)7-6-12(13)10-14/h4-7,10-11,16H,8-9H2,1-3H3,(H,20,21)(H,22,23)/t16-/m1/s1. The van der Waals surface area contributed by atoms with Gasteiger partial charge in [-0.15, -0.1) is 0 Å². The number of hydrogen-bond donors (Lipinski definition) is 2. The second-order valence-corrected chi connectivity index (χ2v) is 6.48.